The van der Waals surface area contributed by atoms with Gasteiger partial charge in [-0.1, -0.05) is 24.3 Å². The number of nitrogens with zero attached hydrogens (tertiary/aromatic N) is 1. The van der Waals surface area contributed by atoms with Crippen molar-refractivity contribution in [3.63, 3.8) is 0 Å². The summed E-state index contributed by atoms with van der Waals surface area (Å²) in [4.78, 5) is 7.20. The Kier molecular flexibility index (Phi) is 3.60. The summed E-state index contributed by atoms with van der Waals surface area (Å²) in [5.74, 6) is 1.62. The lowest BCUT2D eigenvalue weighted by Gasteiger charge is -2.13. The van der Waals surface area contributed by atoms with Gasteiger partial charge >= 0.3 is 0 Å². The van der Waals surface area contributed by atoms with Crippen LogP contribution in [0.2, 0.25) is 0 Å². The molecule has 0 saturated carbocycles. The molecule has 106 valence electrons. The Morgan fingerprint density at radius 1 is 1.14 bits per heavy atom. The number of nitrogens with two attached hydrogens (primary N) is 1. The number of aryl methyl sites for hydroxylation is 1. The molecule has 0 aliphatic rings. The fourth-order valence-electron chi connectivity index (χ4n) is 2.27. The molecule has 0 spiro atoms. The number of hydrogen-bond acceptors (Lipinski definition) is 3. The number of nitrogen functional groups attached to an aromatic ring is 1. The van der Waals surface area contributed by atoms with E-state index in [1.165, 1.54) is 5.56 Å². The molecule has 0 aliphatic carbocycles. The van der Waals surface area contributed by atoms with E-state index in [4.69, 9.17) is 10.5 Å². The topological polar surface area (TPSA) is 63.9 Å². The predicted molar refractivity (Wildman–Crippen MR) is 83.9 cm³/mol. The summed E-state index contributed by atoms with van der Waals surface area (Å²) < 4.78 is 5.90. The molecule has 0 unspecified atom stereocenters. The highest BCUT2D eigenvalue weighted by molar-refractivity contribution is 5.75. The maximum absolute atomic E-state index is 5.91. The van der Waals surface area contributed by atoms with Crippen molar-refractivity contribution in [1.29, 1.82) is 0 Å². The maximum Gasteiger partial charge on any atom is 0.146 e. The summed E-state index contributed by atoms with van der Waals surface area (Å²) in [6.07, 6.45) is 3.50. The first-order valence-corrected chi connectivity index (χ1v) is 6.80. The van der Waals surface area contributed by atoms with Gasteiger partial charge in [0.15, 0.2) is 0 Å². The molecule has 0 radical (unpaired) electrons. The third-order valence-corrected chi connectivity index (χ3v) is 3.36. The molecule has 3 rings (SSSR count). The molecule has 21 heavy (non-hydrogen) atoms. The Labute approximate surface area is 123 Å². The number of benzene rings is 2. The van der Waals surface area contributed by atoms with Gasteiger partial charge < -0.3 is 15.5 Å². The van der Waals surface area contributed by atoms with Gasteiger partial charge in [-0.15, -0.1) is 0 Å². The van der Waals surface area contributed by atoms with Crippen molar-refractivity contribution < 1.29 is 4.74 Å². The number of ether oxygens (including phenoxy) is 1. The van der Waals surface area contributed by atoms with Crippen LogP contribution in [0, 0.1) is 6.92 Å². The van der Waals surface area contributed by atoms with Crippen molar-refractivity contribution in [1.82, 2.24) is 9.97 Å². The normalized spacial score (nSPS) is 10.5. The number of aromatic nitrogens is 2. The highest BCUT2D eigenvalue weighted by Crippen LogP contribution is 2.33. The molecule has 0 atom stereocenters. The Bertz CT molecular complexity index is 736. The minimum absolute atomic E-state index is 0.408. The Hall–Kier alpha value is -2.75. The number of imidazole rings is 1. The predicted octanol–water partition coefficient (Wildman–Crippen LogP) is 3.55. The second kappa shape index (κ2) is 5.71. The molecule has 1 heterocycles. The zero-order valence-electron chi connectivity index (χ0n) is 11.8. The van der Waals surface area contributed by atoms with Crippen LogP contribution < -0.4 is 10.5 Å². The third kappa shape index (κ3) is 2.89. The fraction of sp³-hybridized carbons (Fsp3) is 0.118. The van der Waals surface area contributed by atoms with Crippen LogP contribution in [0.25, 0.3) is 11.1 Å². The largest absolute Gasteiger partial charge is 0.485 e. The lowest BCUT2D eigenvalue weighted by molar-refractivity contribution is 0.298. The number of nitrogens with one attached hydrogen (secondary N) is 1. The quantitative estimate of drug-likeness (QED) is 0.718. The van der Waals surface area contributed by atoms with Crippen molar-refractivity contribution in [3.05, 3.63) is 66.2 Å². The maximum atomic E-state index is 5.91. The summed E-state index contributed by atoms with van der Waals surface area (Å²) in [6.45, 7) is 2.48. The van der Waals surface area contributed by atoms with E-state index in [9.17, 15) is 0 Å². The first-order valence-electron chi connectivity index (χ1n) is 6.80. The van der Waals surface area contributed by atoms with E-state index in [1.807, 2.05) is 42.5 Å². The van der Waals surface area contributed by atoms with Crippen LogP contribution in [0.1, 0.15) is 11.4 Å². The second-order valence-corrected chi connectivity index (χ2v) is 4.90. The van der Waals surface area contributed by atoms with Crippen molar-refractivity contribution in [2.75, 3.05) is 5.73 Å². The molecule has 0 bridgehead atoms. The highest BCUT2D eigenvalue weighted by atomic mass is 16.5. The van der Waals surface area contributed by atoms with Crippen LogP contribution in [-0.4, -0.2) is 9.97 Å². The number of hydrogen-bond donors (Lipinski definition) is 2. The van der Waals surface area contributed by atoms with Gasteiger partial charge in [0.25, 0.3) is 0 Å². The van der Waals surface area contributed by atoms with E-state index in [-0.39, 0.29) is 0 Å². The zero-order valence-corrected chi connectivity index (χ0v) is 11.8. The standard InChI is InChI=1S/C17H17N3O/c1-12-6-7-13(18)10-15(12)14-4-2-3-5-16(14)21-11-17-19-8-9-20-17/h2-10H,11,18H2,1H3,(H,19,20). The average molecular weight is 279 g/mol. The van der Waals surface area contributed by atoms with Crippen LogP contribution in [0.4, 0.5) is 5.69 Å². The molecule has 4 nitrogen and oxygen atoms in total. The third-order valence-electron chi connectivity index (χ3n) is 3.36. The summed E-state index contributed by atoms with van der Waals surface area (Å²) in [6, 6.07) is 13.9. The van der Waals surface area contributed by atoms with E-state index >= 15 is 0 Å². The van der Waals surface area contributed by atoms with Crippen molar-refractivity contribution in [2.45, 2.75) is 13.5 Å². The summed E-state index contributed by atoms with van der Waals surface area (Å²) >= 11 is 0. The lowest BCUT2D eigenvalue weighted by Crippen LogP contribution is -1.99. The van der Waals surface area contributed by atoms with E-state index in [2.05, 4.69) is 16.9 Å². The molecule has 0 fully saturated rings. The fourth-order valence-corrected chi connectivity index (χ4v) is 2.27. The molecule has 0 saturated heterocycles. The Morgan fingerprint density at radius 3 is 2.81 bits per heavy atom. The van der Waals surface area contributed by atoms with Crippen LogP contribution in [0.15, 0.2) is 54.9 Å². The van der Waals surface area contributed by atoms with E-state index in [1.54, 1.807) is 12.4 Å². The van der Waals surface area contributed by atoms with Gasteiger partial charge in [0.05, 0.1) is 0 Å². The average Bonchev–Trinajstić information content (AvgIpc) is 3.01. The van der Waals surface area contributed by atoms with Crippen molar-refractivity contribution in [2.24, 2.45) is 0 Å². The van der Waals surface area contributed by atoms with Gasteiger partial charge in [0.1, 0.15) is 18.2 Å². The molecule has 2 aromatic carbocycles. The molecule has 3 N–H and O–H groups in total. The second-order valence-electron chi connectivity index (χ2n) is 4.90. The molecule has 1 aromatic heterocycles. The lowest BCUT2D eigenvalue weighted by atomic mass is 9.99. The smallest absolute Gasteiger partial charge is 0.146 e. The van der Waals surface area contributed by atoms with Gasteiger partial charge in [-0.2, -0.15) is 0 Å². The molecule has 3 aromatic rings. The highest BCUT2D eigenvalue weighted by Gasteiger charge is 2.09. The van der Waals surface area contributed by atoms with Gasteiger partial charge in [0, 0.05) is 23.6 Å². The minimum Gasteiger partial charge on any atom is -0.485 e. The van der Waals surface area contributed by atoms with Crippen LogP contribution >= 0.6 is 0 Å². The summed E-state index contributed by atoms with van der Waals surface area (Å²) in [5.41, 5.74) is 9.95. The number of para-hydroxylation sites is 1. The van der Waals surface area contributed by atoms with Gasteiger partial charge in [-0.3, -0.25) is 0 Å². The molecule has 0 aliphatic heterocycles. The van der Waals surface area contributed by atoms with E-state index in [0.717, 1.165) is 28.4 Å². The number of rotatable bonds is 4. The molecule has 4 heteroatoms. The minimum atomic E-state index is 0.408. The van der Waals surface area contributed by atoms with Crippen LogP contribution in [-0.2, 0) is 6.61 Å². The first-order chi connectivity index (χ1) is 10.2. The SMILES string of the molecule is Cc1ccc(N)cc1-c1ccccc1OCc1ncc[nH]1. The zero-order chi connectivity index (χ0) is 14.7. The number of H-pyrrole nitrogens is 1. The van der Waals surface area contributed by atoms with E-state index in [0.29, 0.717) is 6.61 Å². The first kappa shape index (κ1) is 13.2. The number of aromatic amines is 1. The summed E-state index contributed by atoms with van der Waals surface area (Å²) in [7, 11) is 0. The van der Waals surface area contributed by atoms with Crippen molar-refractivity contribution >= 4 is 5.69 Å². The van der Waals surface area contributed by atoms with Crippen LogP contribution in [0.3, 0.4) is 0 Å². The van der Waals surface area contributed by atoms with Crippen LogP contribution in [0.5, 0.6) is 5.75 Å². The van der Waals surface area contributed by atoms with E-state index < -0.39 is 0 Å². The Balaban J connectivity index is 1.93. The van der Waals surface area contributed by atoms with Gasteiger partial charge in [0.2, 0.25) is 0 Å². The van der Waals surface area contributed by atoms with Gasteiger partial charge in [-0.05, 0) is 36.2 Å². The molecule has 0 amide bonds. The Morgan fingerprint density at radius 2 is 2.00 bits per heavy atom. The van der Waals surface area contributed by atoms with Crippen molar-refractivity contribution in [3.8, 4) is 16.9 Å². The monoisotopic (exact) mass is 279 g/mol. The molecular formula is C17H17N3O. The summed E-state index contributed by atoms with van der Waals surface area (Å²) in [5, 5.41) is 0. The number of anilines is 1. The molecular weight excluding hydrogens is 262 g/mol. The van der Waals surface area contributed by atoms with Gasteiger partial charge in [-0.25, -0.2) is 4.98 Å².